The van der Waals surface area contributed by atoms with Gasteiger partial charge >= 0.3 is 0 Å². The van der Waals surface area contributed by atoms with E-state index in [2.05, 4.69) is 5.32 Å². The minimum Gasteiger partial charge on any atom is -0.399 e. The van der Waals surface area contributed by atoms with Crippen LogP contribution in [0.5, 0.6) is 0 Å². The Morgan fingerprint density at radius 1 is 1.00 bits per heavy atom. The zero-order valence-corrected chi connectivity index (χ0v) is 10.7. The molecule has 104 valence electrons. The van der Waals surface area contributed by atoms with E-state index in [1.807, 2.05) is 12.1 Å². The minimum atomic E-state index is -0.950. The Bertz CT molecular complexity index is 612. The Hall–Kier alpha value is -2.43. The molecule has 3 nitrogen and oxygen atoms in total. The van der Waals surface area contributed by atoms with Crippen molar-refractivity contribution in [2.75, 3.05) is 5.73 Å². The first-order chi connectivity index (χ1) is 9.54. The van der Waals surface area contributed by atoms with Crippen molar-refractivity contribution in [3.05, 3.63) is 65.2 Å². The van der Waals surface area contributed by atoms with Gasteiger partial charge in [-0.3, -0.25) is 4.79 Å². The van der Waals surface area contributed by atoms with Gasteiger partial charge < -0.3 is 11.1 Å². The number of nitrogen functional groups attached to an aromatic ring is 1. The van der Waals surface area contributed by atoms with Crippen LogP contribution < -0.4 is 11.1 Å². The third-order valence-corrected chi connectivity index (χ3v) is 2.82. The quantitative estimate of drug-likeness (QED) is 0.843. The van der Waals surface area contributed by atoms with Gasteiger partial charge in [0.25, 0.3) is 0 Å². The molecule has 0 aliphatic carbocycles. The second kappa shape index (κ2) is 6.14. The van der Waals surface area contributed by atoms with Gasteiger partial charge in [-0.1, -0.05) is 18.2 Å². The number of hydrogen-bond donors (Lipinski definition) is 2. The number of carbonyl (C=O) groups excluding carboxylic acids is 1. The SMILES string of the molecule is Nc1ccc(CNC(=O)Cc2ccc(F)c(F)c2)cc1. The lowest BCUT2D eigenvalue weighted by Crippen LogP contribution is -2.24. The molecule has 0 atom stereocenters. The van der Waals surface area contributed by atoms with E-state index >= 15 is 0 Å². The molecule has 0 saturated carbocycles. The number of nitrogens with one attached hydrogen (secondary N) is 1. The summed E-state index contributed by atoms with van der Waals surface area (Å²) in [5, 5.41) is 2.71. The Labute approximate surface area is 115 Å². The van der Waals surface area contributed by atoms with Gasteiger partial charge in [0, 0.05) is 12.2 Å². The van der Waals surface area contributed by atoms with Gasteiger partial charge in [0.2, 0.25) is 5.91 Å². The highest BCUT2D eigenvalue weighted by molar-refractivity contribution is 5.78. The monoisotopic (exact) mass is 276 g/mol. The van der Waals surface area contributed by atoms with E-state index in [1.165, 1.54) is 6.07 Å². The van der Waals surface area contributed by atoms with Crippen molar-refractivity contribution >= 4 is 11.6 Å². The molecule has 0 fully saturated rings. The third-order valence-electron chi connectivity index (χ3n) is 2.82. The Morgan fingerprint density at radius 3 is 2.30 bits per heavy atom. The lowest BCUT2D eigenvalue weighted by Gasteiger charge is -2.06. The van der Waals surface area contributed by atoms with Crippen molar-refractivity contribution in [1.82, 2.24) is 5.32 Å². The number of amides is 1. The molecule has 1 amide bonds. The van der Waals surface area contributed by atoms with Crippen LogP contribution in [-0.2, 0) is 17.8 Å². The topological polar surface area (TPSA) is 55.1 Å². The molecule has 20 heavy (non-hydrogen) atoms. The third kappa shape index (κ3) is 3.78. The van der Waals surface area contributed by atoms with Gasteiger partial charge in [-0.15, -0.1) is 0 Å². The van der Waals surface area contributed by atoms with Crippen LogP contribution in [0.1, 0.15) is 11.1 Å². The molecule has 0 unspecified atom stereocenters. The molecule has 0 bridgehead atoms. The average molecular weight is 276 g/mol. The van der Waals surface area contributed by atoms with Crippen LogP contribution >= 0.6 is 0 Å². The normalized spacial score (nSPS) is 10.3. The summed E-state index contributed by atoms with van der Waals surface area (Å²) in [5.74, 6) is -2.13. The van der Waals surface area contributed by atoms with Crippen molar-refractivity contribution < 1.29 is 13.6 Å². The summed E-state index contributed by atoms with van der Waals surface area (Å²) >= 11 is 0. The predicted molar refractivity (Wildman–Crippen MR) is 72.8 cm³/mol. The van der Waals surface area contributed by atoms with Crippen molar-refractivity contribution in [3.8, 4) is 0 Å². The van der Waals surface area contributed by atoms with Crippen molar-refractivity contribution in [1.29, 1.82) is 0 Å². The standard InChI is InChI=1S/C15H14F2N2O/c16-13-6-3-11(7-14(13)17)8-15(20)19-9-10-1-4-12(18)5-2-10/h1-7H,8-9,18H2,(H,19,20). The molecule has 0 aliphatic rings. The molecule has 0 saturated heterocycles. The predicted octanol–water partition coefficient (Wildman–Crippen LogP) is 2.41. The highest BCUT2D eigenvalue weighted by atomic mass is 19.2. The van der Waals surface area contributed by atoms with Gasteiger partial charge in [-0.05, 0) is 35.4 Å². The molecule has 0 aliphatic heterocycles. The molecule has 2 aromatic rings. The number of anilines is 1. The maximum atomic E-state index is 13.0. The van der Waals surface area contributed by atoms with E-state index in [-0.39, 0.29) is 12.3 Å². The average Bonchev–Trinajstić information content (AvgIpc) is 2.42. The zero-order valence-electron chi connectivity index (χ0n) is 10.7. The van der Waals surface area contributed by atoms with E-state index in [0.717, 1.165) is 17.7 Å². The Morgan fingerprint density at radius 2 is 1.65 bits per heavy atom. The molecule has 0 aromatic heterocycles. The van der Waals surface area contributed by atoms with Crippen molar-refractivity contribution in [2.24, 2.45) is 0 Å². The van der Waals surface area contributed by atoms with Gasteiger partial charge in [0.1, 0.15) is 0 Å². The first-order valence-electron chi connectivity index (χ1n) is 6.09. The van der Waals surface area contributed by atoms with Crippen LogP contribution in [0.3, 0.4) is 0 Å². The molecule has 2 rings (SSSR count). The van der Waals surface area contributed by atoms with Crippen molar-refractivity contribution in [3.63, 3.8) is 0 Å². The van der Waals surface area contributed by atoms with E-state index < -0.39 is 11.6 Å². The number of benzene rings is 2. The van der Waals surface area contributed by atoms with Gasteiger partial charge in [-0.25, -0.2) is 8.78 Å². The number of rotatable bonds is 4. The summed E-state index contributed by atoms with van der Waals surface area (Å²) in [6.45, 7) is 0.364. The van der Waals surface area contributed by atoms with Crippen LogP contribution in [0.15, 0.2) is 42.5 Å². The highest BCUT2D eigenvalue weighted by Gasteiger charge is 2.07. The number of carbonyl (C=O) groups is 1. The molecule has 0 radical (unpaired) electrons. The fourth-order valence-electron chi connectivity index (χ4n) is 1.73. The molecule has 3 N–H and O–H groups in total. The Kier molecular flexibility index (Phi) is 4.30. The number of nitrogens with two attached hydrogens (primary N) is 1. The maximum absolute atomic E-state index is 13.0. The lowest BCUT2D eigenvalue weighted by molar-refractivity contribution is -0.120. The van der Waals surface area contributed by atoms with E-state index in [0.29, 0.717) is 17.8 Å². The number of halogens is 2. The van der Waals surface area contributed by atoms with Crippen LogP contribution in [0, 0.1) is 11.6 Å². The largest absolute Gasteiger partial charge is 0.399 e. The zero-order chi connectivity index (χ0) is 14.5. The lowest BCUT2D eigenvalue weighted by atomic mass is 10.1. The second-order valence-corrected chi connectivity index (χ2v) is 4.44. The van der Waals surface area contributed by atoms with Crippen molar-refractivity contribution in [2.45, 2.75) is 13.0 Å². The van der Waals surface area contributed by atoms with E-state index in [1.54, 1.807) is 12.1 Å². The Balaban J connectivity index is 1.89. The van der Waals surface area contributed by atoms with Gasteiger partial charge in [0.05, 0.1) is 6.42 Å². The highest BCUT2D eigenvalue weighted by Crippen LogP contribution is 2.09. The molecule has 2 aromatic carbocycles. The van der Waals surface area contributed by atoms with Crippen LogP contribution in [0.2, 0.25) is 0 Å². The first-order valence-corrected chi connectivity index (χ1v) is 6.09. The fraction of sp³-hybridized carbons (Fsp3) is 0.133. The fourth-order valence-corrected chi connectivity index (χ4v) is 1.73. The van der Waals surface area contributed by atoms with Crippen LogP contribution in [0.25, 0.3) is 0 Å². The second-order valence-electron chi connectivity index (χ2n) is 4.44. The molecule has 0 heterocycles. The number of hydrogen-bond acceptors (Lipinski definition) is 2. The molecular formula is C15H14F2N2O. The van der Waals surface area contributed by atoms with E-state index in [9.17, 15) is 13.6 Å². The van der Waals surface area contributed by atoms with Crippen LogP contribution in [0.4, 0.5) is 14.5 Å². The molecule has 5 heteroatoms. The summed E-state index contributed by atoms with van der Waals surface area (Å²) in [6.07, 6.45) is 0.00612. The summed E-state index contributed by atoms with van der Waals surface area (Å²) < 4.78 is 25.8. The maximum Gasteiger partial charge on any atom is 0.224 e. The van der Waals surface area contributed by atoms with Gasteiger partial charge in [0.15, 0.2) is 11.6 Å². The first kappa shape index (κ1) is 14.0. The summed E-state index contributed by atoms with van der Waals surface area (Å²) in [7, 11) is 0. The minimum absolute atomic E-state index is 0.00612. The van der Waals surface area contributed by atoms with Gasteiger partial charge in [-0.2, -0.15) is 0 Å². The van der Waals surface area contributed by atoms with Crippen LogP contribution in [-0.4, -0.2) is 5.91 Å². The smallest absolute Gasteiger partial charge is 0.224 e. The summed E-state index contributed by atoms with van der Waals surface area (Å²) in [6, 6.07) is 10.5. The molecular weight excluding hydrogens is 262 g/mol. The molecule has 0 spiro atoms. The summed E-state index contributed by atoms with van der Waals surface area (Å²) in [4.78, 5) is 11.7. The summed E-state index contributed by atoms with van der Waals surface area (Å²) in [5.41, 5.74) is 7.56. The van der Waals surface area contributed by atoms with E-state index in [4.69, 9.17) is 5.73 Å².